The van der Waals surface area contributed by atoms with Gasteiger partial charge in [0.1, 0.15) is 11.6 Å². The lowest BCUT2D eigenvalue weighted by Crippen LogP contribution is -2.26. The number of carbonyl (C=O) groups excluding carboxylic acids is 1. The van der Waals surface area contributed by atoms with Crippen LogP contribution in [0.3, 0.4) is 0 Å². The van der Waals surface area contributed by atoms with E-state index in [1.807, 2.05) is 6.07 Å². The second-order valence-electron chi connectivity index (χ2n) is 6.35. The second-order valence-corrected chi connectivity index (χ2v) is 6.35. The lowest BCUT2D eigenvalue weighted by atomic mass is 10.1. The van der Waals surface area contributed by atoms with E-state index in [1.165, 1.54) is 32.4 Å². The fraction of sp³-hybridized carbons (Fsp3) is 0.304. The van der Waals surface area contributed by atoms with Crippen LogP contribution < -0.4 is 24.3 Å². The van der Waals surface area contributed by atoms with Gasteiger partial charge >= 0.3 is 6.61 Å². The van der Waals surface area contributed by atoms with Crippen molar-refractivity contribution in [2.75, 3.05) is 27.4 Å². The maximum atomic E-state index is 12.9. The summed E-state index contributed by atoms with van der Waals surface area (Å²) in [4.78, 5) is 12.5. The Balaban J connectivity index is 2.14. The van der Waals surface area contributed by atoms with E-state index in [-0.39, 0.29) is 35.8 Å². The van der Waals surface area contributed by atoms with Crippen molar-refractivity contribution >= 4 is 12.0 Å². The minimum absolute atomic E-state index is 0.0905. The third-order valence-corrected chi connectivity index (χ3v) is 4.33. The van der Waals surface area contributed by atoms with Gasteiger partial charge in [0.25, 0.3) is 5.91 Å². The summed E-state index contributed by atoms with van der Waals surface area (Å²) in [5.74, 6) is 0.362. The highest BCUT2D eigenvalue weighted by atomic mass is 19.3. The Bertz CT molecular complexity index is 1000. The molecule has 0 aliphatic heterocycles. The van der Waals surface area contributed by atoms with Crippen LogP contribution in [0.5, 0.6) is 23.0 Å². The largest absolute Gasteiger partial charge is 0.493 e. The maximum absolute atomic E-state index is 12.9. The molecule has 0 spiro atoms. The van der Waals surface area contributed by atoms with Gasteiger partial charge in [0.15, 0.2) is 23.0 Å². The molecular formula is C23H24F2N2O5. The van der Waals surface area contributed by atoms with E-state index in [9.17, 15) is 18.8 Å². The Hall–Kier alpha value is -3.80. The van der Waals surface area contributed by atoms with Crippen LogP contribution in [0.1, 0.15) is 18.1 Å². The van der Waals surface area contributed by atoms with E-state index in [0.717, 1.165) is 5.56 Å². The van der Waals surface area contributed by atoms with E-state index in [0.29, 0.717) is 17.9 Å². The lowest BCUT2D eigenvalue weighted by Gasteiger charge is -2.14. The lowest BCUT2D eigenvalue weighted by molar-refractivity contribution is -0.117. The summed E-state index contributed by atoms with van der Waals surface area (Å²) in [6.07, 6.45) is 1.66. The SMILES string of the molecule is CCOc1cccc(/C=C(\C#N)C(=O)NCCc2ccc(OC)c(OC)c2)c1OC(F)F. The van der Waals surface area contributed by atoms with Gasteiger partial charge in [0.05, 0.1) is 20.8 Å². The Morgan fingerprint density at radius 2 is 1.91 bits per heavy atom. The number of methoxy groups -OCH3 is 2. The molecule has 0 atom stereocenters. The smallest absolute Gasteiger partial charge is 0.387 e. The first-order valence-electron chi connectivity index (χ1n) is 9.75. The van der Waals surface area contributed by atoms with Crippen LogP contribution in [0.15, 0.2) is 42.0 Å². The molecule has 0 unspecified atom stereocenters. The highest BCUT2D eigenvalue weighted by molar-refractivity contribution is 6.02. The number of para-hydroxylation sites is 1. The van der Waals surface area contributed by atoms with Crippen LogP contribution in [0, 0.1) is 11.3 Å². The number of halogens is 2. The molecule has 0 bridgehead atoms. The standard InChI is InChI=1S/C23H24F2N2O5/c1-4-31-19-7-5-6-16(21(19)32-23(24)25)13-17(14-26)22(28)27-11-10-15-8-9-18(29-2)20(12-15)30-3/h5-9,12-13,23H,4,10-11H2,1-3H3,(H,27,28)/b17-13+. The number of nitriles is 1. The number of amides is 1. The van der Waals surface area contributed by atoms with Gasteiger partial charge in [-0.05, 0) is 43.2 Å². The summed E-state index contributed by atoms with van der Waals surface area (Å²) in [6, 6.07) is 11.6. The van der Waals surface area contributed by atoms with E-state index >= 15 is 0 Å². The van der Waals surface area contributed by atoms with Gasteiger partial charge in [-0.1, -0.05) is 18.2 Å². The monoisotopic (exact) mass is 446 g/mol. The van der Waals surface area contributed by atoms with Crippen molar-refractivity contribution in [3.05, 3.63) is 53.1 Å². The minimum Gasteiger partial charge on any atom is -0.493 e. The van der Waals surface area contributed by atoms with Crippen LogP contribution in [0.4, 0.5) is 8.78 Å². The summed E-state index contributed by atoms with van der Waals surface area (Å²) in [6.45, 7) is -0.924. The van der Waals surface area contributed by atoms with Crippen molar-refractivity contribution in [1.82, 2.24) is 5.32 Å². The van der Waals surface area contributed by atoms with Crippen molar-refractivity contribution < 1.29 is 32.5 Å². The van der Waals surface area contributed by atoms with E-state index in [4.69, 9.17) is 14.2 Å². The van der Waals surface area contributed by atoms with Gasteiger partial charge < -0.3 is 24.3 Å². The molecule has 7 nitrogen and oxygen atoms in total. The van der Waals surface area contributed by atoms with Crippen molar-refractivity contribution in [3.8, 4) is 29.1 Å². The average Bonchev–Trinajstić information content (AvgIpc) is 2.78. The first-order chi connectivity index (χ1) is 15.4. The molecule has 0 radical (unpaired) electrons. The van der Waals surface area contributed by atoms with E-state index < -0.39 is 12.5 Å². The molecule has 32 heavy (non-hydrogen) atoms. The molecule has 0 saturated heterocycles. The normalized spacial score (nSPS) is 11.0. The van der Waals surface area contributed by atoms with Gasteiger partial charge in [0, 0.05) is 12.1 Å². The molecule has 0 fully saturated rings. The first-order valence-corrected chi connectivity index (χ1v) is 9.75. The van der Waals surface area contributed by atoms with Crippen molar-refractivity contribution in [3.63, 3.8) is 0 Å². The number of hydrogen-bond acceptors (Lipinski definition) is 6. The Labute approximate surface area is 185 Å². The van der Waals surface area contributed by atoms with Crippen LogP contribution in [-0.2, 0) is 11.2 Å². The number of benzene rings is 2. The molecule has 0 saturated carbocycles. The zero-order chi connectivity index (χ0) is 23.5. The van der Waals surface area contributed by atoms with Gasteiger partial charge in [-0.2, -0.15) is 14.0 Å². The molecule has 0 aliphatic rings. The van der Waals surface area contributed by atoms with Crippen LogP contribution >= 0.6 is 0 Å². The fourth-order valence-corrected chi connectivity index (χ4v) is 2.89. The van der Waals surface area contributed by atoms with Crippen LogP contribution in [0.25, 0.3) is 6.08 Å². The highest BCUT2D eigenvalue weighted by Crippen LogP contribution is 2.34. The Morgan fingerprint density at radius 3 is 2.53 bits per heavy atom. The predicted molar refractivity (Wildman–Crippen MR) is 114 cm³/mol. The third kappa shape index (κ3) is 6.60. The molecule has 2 aromatic rings. The third-order valence-electron chi connectivity index (χ3n) is 4.33. The van der Waals surface area contributed by atoms with Gasteiger partial charge in [-0.15, -0.1) is 0 Å². The van der Waals surface area contributed by atoms with Gasteiger partial charge in [0.2, 0.25) is 0 Å². The van der Waals surface area contributed by atoms with Crippen molar-refractivity contribution in [2.24, 2.45) is 0 Å². The average molecular weight is 446 g/mol. The molecule has 9 heteroatoms. The minimum atomic E-state index is -3.09. The number of rotatable bonds is 11. The zero-order valence-corrected chi connectivity index (χ0v) is 18.0. The first kappa shape index (κ1) is 24.5. The molecular weight excluding hydrogens is 422 g/mol. The second kappa shape index (κ2) is 12.2. The summed E-state index contributed by atoms with van der Waals surface area (Å²) >= 11 is 0. The highest BCUT2D eigenvalue weighted by Gasteiger charge is 2.17. The van der Waals surface area contributed by atoms with Gasteiger partial charge in [-0.3, -0.25) is 4.79 Å². The zero-order valence-electron chi connectivity index (χ0n) is 18.0. The summed E-state index contributed by atoms with van der Waals surface area (Å²) < 4.78 is 46.1. The predicted octanol–water partition coefficient (Wildman–Crippen LogP) is 3.97. The number of alkyl halides is 2. The Morgan fingerprint density at radius 1 is 1.16 bits per heavy atom. The molecule has 1 N–H and O–H groups in total. The van der Waals surface area contributed by atoms with Gasteiger partial charge in [-0.25, -0.2) is 0 Å². The number of nitrogens with one attached hydrogen (secondary N) is 1. The summed E-state index contributed by atoms with van der Waals surface area (Å²) in [7, 11) is 3.06. The molecule has 2 aromatic carbocycles. The number of nitrogens with zero attached hydrogens (tertiary/aromatic N) is 1. The fourth-order valence-electron chi connectivity index (χ4n) is 2.89. The molecule has 0 heterocycles. The van der Waals surface area contributed by atoms with Crippen molar-refractivity contribution in [2.45, 2.75) is 20.0 Å². The van der Waals surface area contributed by atoms with E-state index in [1.54, 1.807) is 31.2 Å². The molecule has 0 aromatic heterocycles. The van der Waals surface area contributed by atoms with Crippen LogP contribution in [-0.4, -0.2) is 39.9 Å². The molecule has 170 valence electrons. The molecule has 0 aliphatic carbocycles. The molecule has 2 rings (SSSR count). The Kier molecular flexibility index (Phi) is 9.29. The van der Waals surface area contributed by atoms with E-state index in [2.05, 4.69) is 10.1 Å². The number of hydrogen-bond donors (Lipinski definition) is 1. The number of carbonyl (C=O) groups is 1. The number of ether oxygens (including phenoxy) is 4. The van der Waals surface area contributed by atoms with Crippen LogP contribution in [0.2, 0.25) is 0 Å². The summed E-state index contributed by atoms with van der Waals surface area (Å²) in [5, 5.41) is 12.1. The summed E-state index contributed by atoms with van der Waals surface area (Å²) in [5.41, 5.74) is 0.760. The topological polar surface area (TPSA) is 89.8 Å². The van der Waals surface area contributed by atoms with Crippen molar-refractivity contribution in [1.29, 1.82) is 5.26 Å². The maximum Gasteiger partial charge on any atom is 0.387 e. The quantitative estimate of drug-likeness (QED) is 0.415. The molecule has 1 amide bonds.